The third kappa shape index (κ3) is 7.71. The Bertz CT molecular complexity index is 2130. The van der Waals surface area contributed by atoms with E-state index >= 15 is 0 Å². The van der Waals surface area contributed by atoms with Crippen LogP contribution in [0.3, 0.4) is 0 Å². The summed E-state index contributed by atoms with van der Waals surface area (Å²) in [5.74, 6) is 0.780. The summed E-state index contributed by atoms with van der Waals surface area (Å²) < 4.78 is 28.7. The Kier molecular flexibility index (Phi) is 11.9. The number of anilines is 1. The molecule has 9 nitrogen and oxygen atoms in total. The number of nitrogens with zero attached hydrogens (tertiary/aromatic N) is 4. The van der Waals surface area contributed by atoms with E-state index in [2.05, 4.69) is 172 Å². The lowest BCUT2D eigenvalue weighted by atomic mass is 9.70. The Morgan fingerprint density at radius 1 is 0.649 bits per heavy atom. The Morgan fingerprint density at radius 3 is 1.54 bits per heavy atom. The van der Waals surface area contributed by atoms with Gasteiger partial charge < -0.3 is 28.6 Å². The quantitative estimate of drug-likeness (QED) is 0.0898. The van der Waals surface area contributed by atoms with Gasteiger partial charge in [-0.15, -0.1) is 0 Å². The molecule has 0 aliphatic heterocycles. The number of imidazole rings is 1. The number of methoxy groups -OCH3 is 1. The molecule has 11 heteroatoms. The lowest BCUT2D eigenvalue weighted by Crippen LogP contribution is -2.68. The largest absolute Gasteiger partial charge is 0.474 e. The number of hydrogen-bond donors (Lipinski definition) is 1. The Hall–Kier alpha value is -4.66. The number of nitrogens with two attached hydrogens (primary N) is 1. The van der Waals surface area contributed by atoms with Gasteiger partial charge in [0.25, 0.3) is 16.6 Å². The number of hydrogen-bond acceptors (Lipinski definition) is 8. The summed E-state index contributed by atoms with van der Waals surface area (Å²) >= 11 is 0. The monoisotopic (exact) mass is 799 g/mol. The van der Waals surface area contributed by atoms with Crippen LogP contribution in [0.5, 0.6) is 5.88 Å². The lowest BCUT2D eigenvalue weighted by Gasteiger charge is -2.51. The van der Waals surface area contributed by atoms with Gasteiger partial charge in [-0.3, -0.25) is 0 Å². The summed E-state index contributed by atoms with van der Waals surface area (Å²) in [6.45, 7) is 15.9. The van der Waals surface area contributed by atoms with E-state index in [9.17, 15) is 0 Å². The highest BCUT2D eigenvalue weighted by atomic mass is 28.4. The Morgan fingerprint density at radius 2 is 1.11 bits per heavy atom. The van der Waals surface area contributed by atoms with Gasteiger partial charge in [0, 0.05) is 32.3 Å². The molecule has 57 heavy (non-hydrogen) atoms. The van der Waals surface area contributed by atoms with E-state index in [1.165, 1.54) is 20.7 Å². The summed E-state index contributed by atoms with van der Waals surface area (Å²) in [6.07, 6.45) is 2.73. The van der Waals surface area contributed by atoms with Crippen molar-refractivity contribution < 1.29 is 18.3 Å². The number of fused-ring (bicyclic) bond motifs is 1. The third-order valence-electron chi connectivity index (χ3n) is 11.8. The normalized spacial score (nSPS) is 17.7. The Balaban J connectivity index is 1.30. The molecule has 0 radical (unpaired) electrons. The van der Waals surface area contributed by atoms with Crippen LogP contribution in [0.2, 0.25) is 10.1 Å². The van der Waals surface area contributed by atoms with Crippen LogP contribution < -0.4 is 31.2 Å². The van der Waals surface area contributed by atoms with Crippen molar-refractivity contribution in [1.82, 2.24) is 19.5 Å². The molecule has 6 aromatic rings. The first-order chi connectivity index (χ1) is 27.4. The molecule has 1 fully saturated rings. The second-order valence-electron chi connectivity index (χ2n) is 17.2. The molecular formula is C46H57N5O4Si2. The molecule has 1 saturated carbocycles. The maximum atomic E-state index is 7.69. The van der Waals surface area contributed by atoms with Gasteiger partial charge in [-0.25, -0.2) is 4.98 Å². The number of benzene rings is 4. The molecule has 2 heterocycles. The standard InChI is InChI=1S/C46H57N5O4Si2/c1-45(2,3)56(35-20-12-8-13-21-35,36-22-14-9-15-23-36)54-31-34-30-40(51-33-48-41-42(51)49-44(47)50-43(41)53-29-28-52-7)39(34)32-55-57(46(4,5)6,37-24-16-10-17-25-37)38-26-18-11-19-27-38/h8-27,33-34,39-40H,28-32H2,1-7H3,(H2,47,49,50)/t34-,39-,40+/m1/s1. The first-order valence-electron chi connectivity index (χ1n) is 20.0. The van der Waals surface area contributed by atoms with E-state index in [1.807, 2.05) is 6.33 Å². The van der Waals surface area contributed by atoms with E-state index in [1.54, 1.807) is 7.11 Å². The van der Waals surface area contributed by atoms with Crippen molar-refractivity contribution in [3.63, 3.8) is 0 Å². The van der Waals surface area contributed by atoms with Crippen molar-refractivity contribution in [2.45, 2.75) is 64.1 Å². The molecule has 2 aromatic heterocycles. The molecule has 0 unspecified atom stereocenters. The molecule has 1 aliphatic carbocycles. The molecule has 0 saturated heterocycles. The average Bonchev–Trinajstić information content (AvgIpc) is 3.61. The van der Waals surface area contributed by atoms with E-state index in [-0.39, 0.29) is 33.9 Å². The van der Waals surface area contributed by atoms with Gasteiger partial charge in [0.05, 0.1) is 12.9 Å². The maximum absolute atomic E-state index is 7.69. The van der Waals surface area contributed by atoms with Gasteiger partial charge >= 0.3 is 0 Å². The second-order valence-corrected chi connectivity index (χ2v) is 25.8. The van der Waals surface area contributed by atoms with E-state index < -0.39 is 16.6 Å². The number of nitrogen functional groups attached to an aromatic ring is 1. The van der Waals surface area contributed by atoms with Gasteiger partial charge in [-0.1, -0.05) is 163 Å². The molecule has 4 aromatic carbocycles. The van der Waals surface area contributed by atoms with Crippen LogP contribution in [0.4, 0.5) is 5.95 Å². The fourth-order valence-corrected chi connectivity index (χ4v) is 18.2. The minimum Gasteiger partial charge on any atom is -0.474 e. The molecule has 3 atom stereocenters. The van der Waals surface area contributed by atoms with Gasteiger partial charge in [0.1, 0.15) is 6.61 Å². The highest BCUT2D eigenvalue weighted by Gasteiger charge is 2.54. The van der Waals surface area contributed by atoms with Crippen LogP contribution in [0.15, 0.2) is 128 Å². The van der Waals surface area contributed by atoms with Gasteiger partial charge in [-0.05, 0) is 43.2 Å². The predicted molar refractivity (Wildman–Crippen MR) is 235 cm³/mol. The number of ether oxygens (including phenoxy) is 2. The van der Waals surface area contributed by atoms with Crippen molar-refractivity contribution in [2.75, 3.05) is 39.3 Å². The van der Waals surface area contributed by atoms with E-state index in [0.29, 0.717) is 43.5 Å². The van der Waals surface area contributed by atoms with Crippen molar-refractivity contribution in [3.8, 4) is 5.88 Å². The molecule has 1 aliphatic rings. The zero-order chi connectivity index (χ0) is 40.3. The molecule has 298 valence electrons. The Labute approximate surface area is 339 Å². The minimum absolute atomic E-state index is 0.0297. The minimum atomic E-state index is -2.86. The van der Waals surface area contributed by atoms with E-state index in [4.69, 9.17) is 34.0 Å². The first kappa shape index (κ1) is 40.5. The second kappa shape index (κ2) is 16.7. The summed E-state index contributed by atoms with van der Waals surface area (Å²) in [5, 5.41) is 4.74. The zero-order valence-electron chi connectivity index (χ0n) is 34.4. The fraction of sp³-hybridized carbons (Fsp3) is 0.370. The highest BCUT2D eigenvalue weighted by molar-refractivity contribution is 7.00. The SMILES string of the molecule is COCCOc1nc(N)nc2c1ncn2[C@H]1C[C@H](CO[Si](c2ccccc2)(c2ccccc2)C(C)(C)C)[C@H]1CO[Si](c1ccccc1)(c1ccccc1)C(C)(C)C. The summed E-state index contributed by atoms with van der Waals surface area (Å²) in [6, 6.07) is 43.5. The van der Waals surface area contributed by atoms with Crippen LogP contribution in [0, 0.1) is 11.8 Å². The van der Waals surface area contributed by atoms with Crippen molar-refractivity contribution >= 4 is 54.5 Å². The lowest BCUT2D eigenvalue weighted by molar-refractivity contribution is 0.00315. The third-order valence-corrected chi connectivity index (χ3v) is 21.8. The number of aromatic nitrogens is 4. The van der Waals surface area contributed by atoms with Gasteiger partial charge in [0.2, 0.25) is 11.8 Å². The zero-order valence-corrected chi connectivity index (χ0v) is 36.4. The van der Waals surface area contributed by atoms with Crippen LogP contribution in [0.1, 0.15) is 54.0 Å². The summed E-state index contributed by atoms with van der Waals surface area (Å²) in [4.78, 5) is 13.9. The topological polar surface area (TPSA) is 107 Å². The predicted octanol–water partition coefficient (Wildman–Crippen LogP) is 6.76. The van der Waals surface area contributed by atoms with Gasteiger partial charge in [0.15, 0.2) is 11.2 Å². The molecule has 0 amide bonds. The number of rotatable bonds is 15. The first-order valence-corrected chi connectivity index (χ1v) is 23.8. The maximum Gasteiger partial charge on any atom is 0.261 e. The smallest absolute Gasteiger partial charge is 0.261 e. The summed E-state index contributed by atoms with van der Waals surface area (Å²) in [7, 11) is -4.01. The van der Waals surface area contributed by atoms with Crippen molar-refractivity contribution in [1.29, 1.82) is 0 Å². The van der Waals surface area contributed by atoms with Crippen molar-refractivity contribution in [3.05, 3.63) is 128 Å². The molecule has 2 N–H and O–H groups in total. The van der Waals surface area contributed by atoms with Crippen LogP contribution in [-0.4, -0.2) is 69.7 Å². The molecule has 7 rings (SSSR count). The fourth-order valence-electron chi connectivity index (χ4n) is 8.98. The van der Waals surface area contributed by atoms with Crippen LogP contribution in [-0.2, 0) is 13.6 Å². The van der Waals surface area contributed by atoms with E-state index in [0.717, 1.165) is 6.42 Å². The molecule has 0 spiro atoms. The highest BCUT2D eigenvalue weighted by Crippen LogP contribution is 2.48. The van der Waals surface area contributed by atoms with Crippen LogP contribution >= 0.6 is 0 Å². The molecule has 0 bridgehead atoms. The van der Waals surface area contributed by atoms with Gasteiger partial charge in [-0.2, -0.15) is 9.97 Å². The van der Waals surface area contributed by atoms with Crippen molar-refractivity contribution in [2.24, 2.45) is 11.8 Å². The summed E-state index contributed by atoms with van der Waals surface area (Å²) in [5.41, 5.74) is 7.55. The van der Waals surface area contributed by atoms with Crippen LogP contribution in [0.25, 0.3) is 11.2 Å². The molecular weight excluding hydrogens is 743 g/mol. The average molecular weight is 800 g/mol.